The van der Waals surface area contributed by atoms with E-state index in [1.54, 1.807) is 45.9 Å². The van der Waals surface area contributed by atoms with Gasteiger partial charge in [0.25, 0.3) is 0 Å². The van der Waals surface area contributed by atoms with Crippen LogP contribution in [0.15, 0.2) is 30.9 Å². The highest BCUT2D eigenvalue weighted by Gasteiger charge is 2.39. The average molecular weight is 490 g/mol. The highest BCUT2D eigenvalue weighted by atomic mass is 16.6. The molecule has 8 heteroatoms. The second-order valence-corrected chi connectivity index (χ2v) is 10.9. The average Bonchev–Trinajstić information content (AvgIpc) is 2.71. The van der Waals surface area contributed by atoms with Crippen LogP contribution in [0.4, 0.5) is 4.79 Å². The number of aromatic hydroxyl groups is 1. The smallest absolute Gasteiger partial charge is 0.408 e. The molecule has 0 spiro atoms. The van der Waals surface area contributed by atoms with Crippen molar-refractivity contribution in [2.24, 2.45) is 5.92 Å². The number of alkyl carbamates (subject to hydrolysis) is 1. The minimum Gasteiger partial charge on any atom is -0.507 e. The molecule has 1 aromatic carbocycles. The second-order valence-electron chi connectivity index (χ2n) is 10.9. The van der Waals surface area contributed by atoms with E-state index in [0.29, 0.717) is 17.5 Å². The molecule has 1 rings (SSSR count). The van der Waals surface area contributed by atoms with Gasteiger partial charge < -0.3 is 25.4 Å². The van der Waals surface area contributed by atoms with Crippen LogP contribution < -0.4 is 10.6 Å². The molecule has 3 atom stereocenters. The van der Waals surface area contributed by atoms with Crippen LogP contribution in [0.25, 0.3) is 0 Å². The number of nitrogens with one attached hydrogen (secondary N) is 2. The molecule has 0 radical (unpaired) electrons. The Hall–Kier alpha value is -3.03. The molecule has 0 saturated carbocycles. The Kier molecular flexibility index (Phi) is 10.4. The number of aryl methyl sites for hydroxylation is 1. The number of carbonyl (C=O) groups excluding carboxylic acids is 3. The highest BCUT2D eigenvalue weighted by molar-refractivity contribution is 5.93. The van der Waals surface area contributed by atoms with Gasteiger partial charge in [0.15, 0.2) is 0 Å². The Bertz CT molecular complexity index is 914. The number of ether oxygens (including phenoxy) is 1. The maximum Gasteiger partial charge on any atom is 0.408 e. The van der Waals surface area contributed by atoms with E-state index >= 15 is 0 Å². The van der Waals surface area contributed by atoms with E-state index in [4.69, 9.17) is 4.74 Å². The first-order chi connectivity index (χ1) is 16.0. The minimum atomic E-state index is -1.15. The summed E-state index contributed by atoms with van der Waals surface area (Å²) in [6.45, 7) is 20.0. The van der Waals surface area contributed by atoms with Crippen molar-refractivity contribution in [1.82, 2.24) is 15.5 Å². The van der Waals surface area contributed by atoms with Gasteiger partial charge in [0, 0.05) is 17.6 Å². The first-order valence-electron chi connectivity index (χ1n) is 12.0. The first-order valence-corrected chi connectivity index (χ1v) is 12.0. The van der Waals surface area contributed by atoms with Gasteiger partial charge in [-0.15, -0.1) is 6.58 Å². The fourth-order valence-corrected chi connectivity index (χ4v) is 3.55. The van der Waals surface area contributed by atoms with Gasteiger partial charge in [-0.3, -0.25) is 9.59 Å². The Labute approximate surface area is 210 Å². The third-order valence-electron chi connectivity index (χ3n) is 5.38. The van der Waals surface area contributed by atoms with Gasteiger partial charge in [0.1, 0.15) is 23.4 Å². The molecule has 0 fully saturated rings. The zero-order valence-electron chi connectivity index (χ0n) is 22.7. The maximum absolute atomic E-state index is 14.0. The molecule has 0 heterocycles. The van der Waals surface area contributed by atoms with Crippen molar-refractivity contribution in [3.8, 4) is 5.75 Å². The molecule has 3 unspecified atom stereocenters. The number of benzene rings is 1. The van der Waals surface area contributed by atoms with Gasteiger partial charge in [-0.05, 0) is 59.9 Å². The number of phenols is 1. The molecule has 3 amide bonds. The van der Waals surface area contributed by atoms with E-state index in [1.165, 1.54) is 11.0 Å². The molecule has 0 aromatic heterocycles. The second kappa shape index (κ2) is 12.1. The lowest BCUT2D eigenvalue weighted by atomic mass is 9.94. The monoisotopic (exact) mass is 489 g/mol. The third-order valence-corrected chi connectivity index (χ3v) is 5.38. The first kappa shape index (κ1) is 30.0. The number of amides is 3. The molecular weight excluding hydrogens is 446 g/mol. The van der Waals surface area contributed by atoms with Gasteiger partial charge in [-0.2, -0.15) is 0 Å². The van der Waals surface area contributed by atoms with Crippen molar-refractivity contribution < 1.29 is 24.2 Å². The molecule has 0 saturated heterocycles. The molecule has 196 valence electrons. The van der Waals surface area contributed by atoms with E-state index in [2.05, 4.69) is 17.2 Å². The van der Waals surface area contributed by atoms with Crippen LogP contribution in [0.2, 0.25) is 0 Å². The van der Waals surface area contributed by atoms with Crippen LogP contribution >= 0.6 is 0 Å². The largest absolute Gasteiger partial charge is 0.507 e. The van der Waals surface area contributed by atoms with Crippen molar-refractivity contribution in [3.63, 3.8) is 0 Å². The zero-order chi connectivity index (χ0) is 27.1. The van der Waals surface area contributed by atoms with E-state index < -0.39 is 41.1 Å². The Morgan fingerprint density at radius 2 is 1.77 bits per heavy atom. The molecule has 0 aliphatic carbocycles. The van der Waals surface area contributed by atoms with Crippen LogP contribution in [-0.4, -0.2) is 51.6 Å². The third kappa shape index (κ3) is 8.92. The predicted octanol–water partition coefficient (Wildman–Crippen LogP) is 4.61. The lowest BCUT2D eigenvalue weighted by Gasteiger charge is -2.37. The number of nitrogens with zero attached hydrogens (tertiary/aromatic N) is 1. The summed E-state index contributed by atoms with van der Waals surface area (Å²) in [7, 11) is 0. The normalized spacial score (nSPS) is 14.3. The standard InChI is InChI=1S/C27H43N3O5/c1-11-16-30(24(33)20(17(3)12-2)28-25(34)35-27(8,9)10)21(23(32)29-26(5,6)7)19-15-13-14-18(4)22(19)31/h11,13-15,17,20-21,31H,1,12,16H2,2-10H3,(H,28,34)(H,29,32). The van der Waals surface area contributed by atoms with Crippen LogP contribution in [0.1, 0.15) is 79.0 Å². The molecule has 0 aliphatic heterocycles. The molecular formula is C27H43N3O5. The fourth-order valence-electron chi connectivity index (χ4n) is 3.55. The summed E-state index contributed by atoms with van der Waals surface area (Å²) < 4.78 is 5.39. The van der Waals surface area contributed by atoms with Gasteiger partial charge >= 0.3 is 6.09 Å². The number of para-hydroxylation sites is 1. The van der Waals surface area contributed by atoms with E-state index in [1.807, 2.05) is 34.6 Å². The summed E-state index contributed by atoms with van der Waals surface area (Å²) in [5.41, 5.74) is -0.451. The predicted molar refractivity (Wildman–Crippen MR) is 138 cm³/mol. The topological polar surface area (TPSA) is 108 Å². The summed E-state index contributed by atoms with van der Waals surface area (Å²) in [5.74, 6) is -1.24. The molecule has 0 aliphatic rings. The number of phenolic OH excluding ortho intramolecular Hbond substituents is 1. The minimum absolute atomic E-state index is 0.0252. The Morgan fingerprint density at radius 3 is 2.26 bits per heavy atom. The Morgan fingerprint density at radius 1 is 1.17 bits per heavy atom. The number of hydrogen-bond donors (Lipinski definition) is 3. The summed E-state index contributed by atoms with van der Waals surface area (Å²) in [5, 5.41) is 16.5. The van der Waals surface area contributed by atoms with E-state index in [-0.39, 0.29) is 18.2 Å². The summed E-state index contributed by atoms with van der Waals surface area (Å²) in [4.78, 5) is 41.5. The quantitative estimate of drug-likeness (QED) is 0.439. The van der Waals surface area contributed by atoms with Gasteiger partial charge in [0.2, 0.25) is 11.8 Å². The lowest BCUT2D eigenvalue weighted by Crippen LogP contribution is -2.56. The zero-order valence-corrected chi connectivity index (χ0v) is 22.7. The molecule has 3 N–H and O–H groups in total. The number of carbonyl (C=O) groups is 3. The summed E-state index contributed by atoms with van der Waals surface area (Å²) in [6.07, 6.45) is 1.40. The van der Waals surface area contributed by atoms with Crippen molar-refractivity contribution in [2.45, 2.75) is 92.0 Å². The molecule has 0 bridgehead atoms. The van der Waals surface area contributed by atoms with E-state index in [9.17, 15) is 19.5 Å². The fraction of sp³-hybridized carbons (Fsp3) is 0.593. The molecule has 35 heavy (non-hydrogen) atoms. The van der Waals surface area contributed by atoms with Gasteiger partial charge in [-0.1, -0.05) is 44.5 Å². The summed E-state index contributed by atoms with van der Waals surface area (Å²) in [6, 6.07) is 2.98. The molecule has 1 aromatic rings. The van der Waals surface area contributed by atoms with Crippen molar-refractivity contribution in [1.29, 1.82) is 0 Å². The van der Waals surface area contributed by atoms with Crippen LogP contribution in [0.5, 0.6) is 5.75 Å². The summed E-state index contributed by atoms with van der Waals surface area (Å²) >= 11 is 0. The van der Waals surface area contributed by atoms with Gasteiger partial charge in [0.05, 0.1) is 0 Å². The maximum atomic E-state index is 14.0. The van der Waals surface area contributed by atoms with Crippen LogP contribution in [0, 0.1) is 12.8 Å². The molecule has 8 nitrogen and oxygen atoms in total. The van der Waals surface area contributed by atoms with Crippen molar-refractivity contribution in [3.05, 3.63) is 42.0 Å². The number of rotatable bonds is 9. The number of hydrogen-bond acceptors (Lipinski definition) is 5. The van der Waals surface area contributed by atoms with Crippen LogP contribution in [0.3, 0.4) is 0 Å². The Balaban J connectivity index is 3.59. The van der Waals surface area contributed by atoms with Crippen LogP contribution in [-0.2, 0) is 14.3 Å². The van der Waals surface area contributed by atoms with Gasteiger partial charge in [-0.25, -0.2) is 4.79 Å². The van der Waals surface area contributed by atoms with Crippen molar-refractivity contribution in [2.75, 3.05) is 6.54 Å². The highest BCUT2D eigenvalue weighted by Crippen LogP contribution is 2.33. The lowest BCUT2D eigenvalue weighted by molar-refractivity contribution is -0.143. The van der Waals surface area contributed by atoms with Crippen molar-refractivity contribution >= 4 is 17.9 Å². The van der Waals surface area contributed by atoms with E-state index in [0.717, 1.165) is 0 Å². The SMILES string of the molecule is C=CCN(C(=O)C(NC(=O)OC(C)(C)C)C(C)CC)C(C(=O)NC(C)(C)C)c1cccc(C)c1O.